The first kappa shape index (κ1) is 13.0. The van der Waals surface area contributed by atoms with Crippen molar-refractivity contribution in [3.8, 4) is 0 Å². The molecule has 0 aliphatic heterocycles. The van der Waals surface area contributed by atoms with Gasteiger partial charge in [-0.05, 0) is 57.4 Å². The van der Waals surface area contributed by atoms with Crippen LogP contribution in [-0.4, -0.2) is 12.1 Å². The van der Waals surface area contributed by atoms with Crippen molar-refractivity contribution < 1.29 is 0 Å². The van der Waals surface area contributed by atoms with Crippen LogP contribution in [-0.2, 0) is 0 Å². The monoisotopic (exact) mass is 220 g/mol. The smallest absolute Gasteiger partial charge is 0.0314 e. The molecule has 0 bridgehead atoms. The Balaban J connectivity index is 2.41. The summed E-state index contributed by atoms with van der Waals surface area (Å²) in [6.45, 7) is 9.90. The molecule has 1 unspecified atom stereocenters. The summed E-state index contributed by atoms with van der Waals surface area (Å²) < 4.78 is 0. The van der Waals surface area contributed by atoms with Crippen molar-refractivity contribution in [1.82, 2.24) is 5.32 Å². The fraction of sp³-hybridized carbons (Fsp3) is 0.571. The van der Waals surface area contributed by atoms with E-state index in [9.17, 15) is 0 Å². The van der Waals surface area contributed by atoms with E-state index in [1.54, 1.807) is 0 Å². The van der Waals surface area contributed by atoms with E-state index in [2.05, 4.69) is 45.1 Å². The van der Waals surface area contributed by atoms with Crippen LogP contribution in [0.3, 0.4) is 0 Å². The molecule has 1 aromatic rings. The zero-order chi connectivity index (χ0) is 12.2. The Morgan fingerprint density at radius 2 is 1.75 bits per heavy atom. The minimum atomic E-state index is 0.209. The van der Waals surface area contributed by atoms with Crippen molar-refractivity contribution in [2.24, 2.45) is 0 Å². The van der Waals surface area contributed by atoms with Crippen molar-refractivity contribution in [1.29, 1.82) is 0 Å². The summed E-state index contributed by atoms with van der Waals surface area (Å²) >= 11 is 0. The number of anilines is 1. The molecule has 1 rings (SSSR count). The van der Waals surface area contributed by atoms with Crippen LogP contribution >= 0.6 is 0 Å². The van der Waals surface area contributed by atoms with E-state index in [4.69, 9.17) is 5.73 Å². The lowest BCUT2D eigenvalue weighted by atomic mass is 9.97. The van der Waals surface area contributed by atoms with Gasteiger partial charge in [0.25, 0.3) is 0 Å². The first-order valence-corrected chi connectivity index (χ1v) is 5.99. The molecule has 1 atom stereocenters. The first-order valence-electron chi connectivity index (χ1n) is 5.99. The number of rotatable bonds is 4. The summed E-state index contributed by atoms with van der Waals surface area (Å²) in [4.78, 5) is 0. The van der Waals surface area contributed by atoms with Gasteiger partial charge in [0.15, 0.2) is 0 Å². The number of nitrogens with one attached hydrogen (secondary N) is 1. The molecule has 0 aromatic heterocycles. The third kappa shape index (κ3) is 4.67. The van der Waals surface area contributed by atoms with Gasteiger partial charge < -0.3 is 11.1 Å². The van der Waals surface area contributed by atoms with Gasteiger partial charge in [0.2, 0.25) is 0 Å². The Labute approximate surface area is 99.2 Å². The third-order valence-corrected chi connectivity index (χ3v) is 2.74. The maximum atomic E-state index is 5.67. The Kier molecular flexibility index (Phi) is 4.36. The molecule has 0 amide bonds. The molecule has 0 saturated carbocycles. The highest BCUT2D eigenvalue weighted by atomic mass is 14.9. The summed E-state index contributed by atoms with van der Waals surface area (Å²) in [6.07, 6.45) is 1.15. The van der Waals surface area contributed by atoms with E-state index in [0.29, 0.717) is 5.92 Å². The zero-order valence-electron chi connectivity index (χ0n) is 10.9. The standard InChI is InChI=1S/C14H24N2/c1-11(9-10-16-14(2,3)4)12-5-7-13(15)8-6-12/h5-8,11,16H,9-10,15H2,1-4H3. The highest BCUT2D eigenvalue weighted by Crippen LogP contribution is 2.19. The van der Waals surface area contributed by atoms with Gasteiger partial charge in [-0.3, -0.25) is 0 Å². The highest BCUT2D eigenvalue weighted by Gasteiger charge is 2.10. The van der Waals surface area contributed by atoms with Gasteiger partial charge in [0.05, 0.1) is 0 Å². The second-order valence-electron chi connectivity index (χ2n) is 5.53. The van der Waals surface area contributed by atoms with Gasteiger partial charge in [-0.15, -0.1) is 0 Å². The Hall–Kier alpha value is -1.02. The molecular formula is C14H24N2. The molecule has 0 aliphatic rings. The first-order chi connectivity index (χ1) is 7.38. The number of nitrogens with two attached hydrogens (primary N) is 1. The van der Waals surface area contributed by atoms with Crippen LogP contribution in [0.4, 0.5) is 5.69 Å². The van der Waals surface area contributed by atoms with E-state index in [-0.39, 0.29) is 5.54 Å². The fourth-order valence-electron chi connectivity index (χ4n) is 1.65. The minimum absolute atomic E-state index is 0.209. The molecule has 2 heteroatoms. The van der Waals surface area contributed by atoms with Gasteiger partial charge in [-0.1, -0.05) is 19.1 Å². The van der Waals surface area contributed by atoms with E-state index >= 15 is 0 Å². The van der Waals surface area contributed by atoms with Crippen molar-refractivity contribution in [2.45, 2.75) is 45.6 Å². The van der Waals surface area contributed by atoms with Gasteiger partial charge in [0, 0.05) is 11.2 Å². The van der Waals surface area contributed by atoms with Crippen LogP contribution < -0.4 is 11.1 Å². The quantitative estimate of drug-likeness (QED) is 0.765. The fourth-order valence-corrected chi connectivity index (χ4v) is 1.65. The number of nitrogen functional groups attached to an aromatic ring is 1. The lowest BCUT2D eigenvalue weighted by Crippen LogP contribution is -2.36. The SMILES string of the molecule is CC(CCNC(C)(C)C)c1ccc(N)cc1. The van der Waals surface area contributed by atoms with Crippen LogP contribution in [0.1, 0.15) is 45.6 Å². The average molecular weight is 220 g/mol. The molecule has 0 spiro atoms. The zero-order valence-corrected chi connectivity index (χ0v) is 10.9. The largest absolute Gasteiger partial charge is 0.399 e. The molecule has 0 saturated heterocycles. The Bertz CT molecular complexity index is 309. The summed E-state index contributed by atoms with van der Waals surface area (Å²) in [6, 6.07) is 8.19. The maximum Gasteiger partial charge on any atom is 0.0314 e. The van der Waals surface area contributed by atoms with E-state index < -0.39 is 0 Å². The Morgan fingerprint density at radius 3 is 2.25 bits per heavy atom. The third-order valence-electron chi connectivity index (χ3n) is 2.74. The Morgan fingerprint density at radius 1 is 1.19 bits per heavy atom. The van der Waals surface area contributed by atoms with Gasteiger partial charge in [0.1, 0.15) is 0 Å². The molecular weight excluding hydrogens is 196 g/mol. The van der Waals surface area contributed by atoms with Crippen molar-refractivity contribution in [2.75, 3.05) is 12.3 Å². The lowest BCUT2D eigenvalue weighted by Gasteiger charge is -2.22. The number of benzene rings is 1. The van der Waals surface area contributed by atoms with Crippen molar-refractivity contribution >= 4 is 5.69 Å². The highest BCUT2D eigenvalue weighted by molar-refractivity contribution is 5.40. The van der Waals surface area contributed by atoms with Gasteiger partial charge in [-0.2, -0.15) is 0 Å². The molecule has 16 heavy (non-hydrogen) atoms. The van der Waals surface area contributed by atoms with E-state index in [1.165, 1.54) is 5.56 Å². The summed E-state index contributed by atoms with van der Waals surface area (Å²) in [5.74, 6) is 0.579. The minimum Gasteiger partial charge on any atom is -0.399 e. The molecule has 1 aromatic carbocycles. The predicted molar refractivity (Wildman–Crippen MR) is 71.6 cm³/mol. The summed E-state index contributed by atoms with van der Waals surface area (Å²) in [5, 5.41) is 3.51. The van der Waals surface area contributed by atoms with Crippen molar-refractivity contribution in [3.63, 3.8) is 0 Å². The van der Waals surface area contributed by atoms with Crippen molar-refractivity contribution in [3.05, 3.63) is 29.8 Å². The molecule has 2 nitrogen and oxygen atoms in total. The average Bonchev–Trinajstić information content (AvgIpc) is 2.16. The van der Waals surface area contributed by atoms with Crippen LogP contribution in [0.25, 0.3) is 0 Å². The second kappa shape index (κ2) is 5.35. The van der Waals surface area contributed by atoms with E-state index in [1.807, 2.05) is 12.1 Å². The van der Waals surface area contributed by atoms with Crippen LogP contribution in [0, 0.1) is 0 Å². The molecule has 3 N–H and O–H groups in total. The van der Waals surface area contributed by atoms with Gasteiger partial charge >= 0.3 is 0 Å². The maximum absolute atomic E-state index is 5.67. The summed E-state index contributed by atoms with van der Waals surface area (Å²) in [7, 11) is 0. The van der Waals surface area contributed by atoms with Crippen LogP contribution in [0.5, 0.6) is 0 Å². The normalized spacial score (nSPS) is 13.8. The predicted octanol–water partition coefficient (Wildman–Crippen LogP) is 3.15. The molecule has 0 fully saturated rings. The molecule has 0 radical (unpaired) electrons. The van der Waals surface area contributed by atoms with Crippen LogP contribution in [0.2, 0.25) is 0 Å². The molecule has 0 heterocycles. The van der Waals surface area contributed by atoms with Crippen LogP contribution in [0.15, 0.2) is 24.3 Å². The second-order valence-corrected chi connectivity index (χ2v) is 5.53. The van der Waals surface area contributed by atoms with E-state index in [0.717, 1.165) is 18.7 Å². The molecule has 0 aliphatic carbocycles. The number of hydrogen-bond acceptors (Lipinski definition) is 2. The lowest BCUT2D eigenvalue weighted by molar-refractivity contribution is 0.413. The molecule has 90 valence electrons. The van der Waals surface area contributed by atoms with Gasteiger partial charge in [-0.25, -0.2) is 0 Å². The summed E-state index contributed by atoms with van der Waals surface area (Å²) in [5.41, 5.74) is 8.08. The number of hydrogen-bond donors (Lipinski definition) is 2. The topological polar surface area (TPSA) is 38.0 Å².